The molecule has 1 aromatic heterocycles. The first-order valence-corrected chi connectivity index (χ1v) is 6.95. The number of hydrogen-bond acceptors (Lipinski definition) is 3. The molecule has 0 aliphatic carbocycles. The van der Waals surface area contributed by atoms with Gasteiger partial charge < -0.3 is 4.90 Å². The van der Waals surface area contributed by atoms with Crippen molar-refractivity contribution in [2.24, 2.45) is 7.05 Å². The zero-order valence-corrected chi connectivity index (χ0v) is 12.9. The summed E-state index contributed by atoms with van der Waals surface area (Å²) < 4.78 is 14.6. The van der Waals surface area contributed by atoms with E-state index in [1.165, 1.54) is 16.8 Å². The number of anilines is 1. The molecule has 0 aliphatic rings. The number of benzene rings is 1. The van der Waals surface area contributed by atoms with E-state index in [4.69, 9.17) is 0 Å². The van der Waals surface area contributed by atoms with Crippen LogP contribution in [0.2, 0.25) is 0 Å². The van der Waals surface area contributed by atoms with Gasteiger partial charge in [-0.2, -0.15) is 5.10 Å². The molecule has 0 unspecified atom stereocenters. The van der Waals surface area contributed by atoms with Crippen molar-refractivity contribution < 1.29 is 4.39 Å². The number of halogens is 2. The molecule has 0 aliphatic heterocycles. The molecule has 2 rings (SSSR count). The van der Waals surface area contributed by atoms with E-state index in [1.54, 1.807) is 25.4 Å². The number of rotatable bonds is 4. The van der Waals surface area contributed by atoms with Crippen LogP contribution in [0.25, 0.3) is 0 Å². The first-order valence-electron chi connectivity index (χ1n) is 6.16. The van der Waals surface area contributed by atoms with Crippen LogP contribution in [0, 0.1) is 5.82 Å². The Hall–Kier alpha value is -1.69. The largest absolute Gasteiger partial charge is 0.372 e. The third-order valence-electron chi connectivity index (χ3n) is 3.12. The van der Waals surface area contributed by atoms with Crippen molar-refractivity contribution >= 4 is 21.6 Å². The van der Waals surface area contributed by atoms with Gasteiger partial charge in [0.1, 0.15) is 10.3 Å². The molecule has 6 heteroatoms. The van der Waals surface area contributed by atoms with E-state index in [0.717, 1.165) is 17.7 Å². The maximum atomic E-state index is 12.8. The molecular weight excluding hydrogens is 325 g/mol. The van der Waals surface area contributed by atoms with Crippen molar-refractivity contribution in [2.45, 2.75) is 6.42 Å². The molecule has 0 radical (unpaired) electrons. The van der Waals surface area contributed by atoms with Gasteiger partial charge in [-0.05, 0) is 40.0 Å². The van der Waals surface area contributed by atoms with E-state index in [1.807, 2.05) is 11.9 Å². The molecule has 0 bridgehead atoms. The minimum absolute atomic E-state index is 0.170. The minimum Gasteiger partial charge on any atom is -0.372 e. The van der Waals surface area contributed by atoms with Crippen LogP contribution in [0.15, 0.2) is 39.7 Å². The summed E-state index contributed by atoms with van der Waals surface area (Å²) in [5.41, 5.74) is 1.62. The molecular formula is C14H15BrFN3O. The van der Waals surface area contributed by atoms with Gasteiger partial charge in [0.25, 0.3) is 5.56 Å². The lowest BCUT2D eigenvalue weighted by Gasteiger charge is -2.20. The van der Waals surface area contributed by atoms with E-state index < -0.39 is 0 Å². The highest BCUT2D eigenvalue weighted by Gasteiger charge is 2.11. The molecule has 0 saturated carbocycles. The first-order chi connectivity index (χ1) is 9.49. The van der Waals surface area contributed by atoms with Crippen molar-refractivity contribution in [2.75, 3.05) is 18.5 Å². The molecule has 4 nitrogen and oxygen atoms in total. The van der Waals surface area contributed by atoms with Crippen molar-refractivity contribution in [1.82, 2.24) is 9.78 Å². The predicted molar refractivity (Wildman–Crippen MR) is 80.6 cm³/mol. The normalized spacial score (nSPS) is 10.6. The minimum atomic E-state index is -0.236. The Morgan fingerprint density at radius 1 is 1.35 bits per heavy atom. The smallest absolute Gasteiger partial charge is 0.282 e. The summed E-state index contributed by atoms with van der Waals surface area (Å²) in [6, 6.07) is 6.43. The van der Waals surface area contributed by atoms with Crippen LogP contribution in [-0.4, -0.2) is 23.4 Å². The number of nitrogens with zero attached hydrogens (tertiary/aromatic N) is 3. The summed E-state index contributed by atoms with van der Waals surface area (Å²) >= 11 is 3.30. The average molecular weight is 340 g/mol. The molecule has 1 aromatic carbocycles. The van der Waals surface area contributed by atoms with Crippen LogP contribution in [0.5, 0.6) is 0 Å². The van der Waals surface area contributed by atoms with Crippen LogP contribution in [0.1, 0.15) is 5.56 Å². The monoisotopic (exact) mass is 339 g/mol. The molecule has 0 spiro atoms. The SMILES string of the molecule is CN(CCc1ccc(F)cc1)c1cnn(C)c(=O)c1Br. The third kappa shape index (κ3) is 3.25. The zero-order chi connectivity index (χ0) is 14.7. The highest BCUT2D eigenvalue weighted by molar-refractivity contribution is 9.10. The van der Waals surface area contributed by atoms with Gasteiger partial charge in [-0.3, -0.25) is 4.79 Å². The Morgan fingerprint density at radius 3 is 2.65 bits per heavy atom. The van der Waals surface area contributed by atoms with Crippen molar-refractivity contribution in [3.05, 3.63) is 56.7 Å². The summed E-state index contributed by atoms with van der Waals surface area (Å²) in [6.45, 7) is 0.707. The molecule has 20 heavy (non-hydrogen) atoms. The Kier molecular flexibility index (Phi) is 4.54. The van der Waals surface area contributed by atoms with Gasteiger partial charge in [0, 0.05) is 20.6 Å². The second-order valence-electron chi connectivity index (χ2n) is 4.57. The second-order valence-corrected chi connectivity index (χ2v) is 5.36. The molecule has 0 amide bonds. The highest BCUT2D eigenvalue weighted by Crippen LogP contribution is 2.20. The van der Waals surface area contributed by atoms with E-state index in [9.17, 15) is 9.18 Å². The predicted octanol–water partition coefficient (Wildman–Crippen LogP) is 2.36. The molecule has 0 N–H and O–H groups in total. The lowest BCUT2D eigenvalue weighted by atomic mass is 10.1. The average Bonchev–Trinajstić information content (AvgIpc) is 2.44. The summed E-state index contributed by atoms with van der Waals surface area (Å²) in [5, 5.41) is 4.01. The summed E-state index contributed by atoms with van der Waals surface area (Å²) in [7, 11) is 3.50. The number of hydrogen-bond donors (Lipinski definition) is 0. The van der Waals surface area contributed by atoms with Crippen LogP contribution >= 0.6 is 15.9 Å². The van der Waals surface area contributed by atoms with E-state index in [0.29, 0.717) is 11.0 Å². The molecule has 0 saturated heterocycles. The molecule has 0 fully saturated rings. The third-order valence-corrected chi connectivity index (χ3v) is 3.87. The van der Waals surface area contributed by atoms with Crippen LogP contribution in [0.3, 0.4) is 0 Å². The van der Waals surface area contributed by atoms with Crippen molar-refractivity contribution in [3.63, 3.8) is 0 Å². The second kappa shape index (κ2) is 6.17. The fraction of sp³-hybridized carbons (Fsp3) is 0.286. The van der Waals surface area contributed by atoms with Gasteiger partial charge in [0.15, 0.2) is 0 Å². The highest BCUT2D eigenvalue weighted by atomic mass is 79.9. The summed E-state index contributed by atoms with van der Waals surface area (Å²) in [4.78, 5) is 13.7. The first kappa shape index (κ1) is 14.7. The fourth-order valence-corrected chi connectivity index (χ4v) is 2.50. The van der Waals surface area contributed by atoms with Crippen LogP contribution in [-0.2, 0) is 13.5 Å². The molecule has 106 valence electrons. The van der Waals surface area contributed by atoms with E-state index >= 15 is 0 Å². The molecule has 0 atom stereocenters. The molecule has 2 aromatic rings. The Morgan fingerprint density at radius 2 is 2.00 bits per heavy atom. The van der Waals surface area contributed by atoms with E-state index in [-0.39, 0.29) is 11.4 Å². The van der Waals surface area contributed by atoms with Gasteiger partial charge in [-0.15, -0.1) is 0 Å². The van der Waals surface area contributed by atoms with Gasteiger partial charge in [-0.1, -0.05) is 12.1 Å². The Balaban J connectivity index is 2.09. The van der Waals surface area contributed by atoms with Crippen molar-refractivity contribution in [3.8, 4) is 0 Å². The van der Waals surface area contributed by atoms with Gasteiger partial charge in [0.05, 0.1) is 11.9 Å². The fourth-order valence-electron chi connectivity index (χ4n) is 1.84. The van der Waals surface area contributed by atoms with E-state index in [2.05, 4.69) is 21.0 Å². The zero-order valence-electron chi connectivity index (χ0n) is 11.3. The van der Waals surface area contributed by atoms with Gasteiger partial charge in [-0.25, -0.2) is 9.07 Å². The Labute approximate surface area is 125 Å². The maximum absolute atomic E-state index is 12.8. The quantitative estimate of drug-likeness (QED) is 0.858. The maximum Gasteiger partial charge on any atom is 0.282 e. The summed E-state index contributed by atoms with van der Waals surface area (Å²) in [5.74, 6) is -0.236. The Bertz CT molecular complexity index is 654. The number of aryl methyl sites for hydroxylation is 1. The van der Waals surface area contributed by atoms with Crippen LogP contribution < -0.4 is 10.5 Å². The topological polar surface area (TPSA) is 38.1 Å². The lowest BCUT2D eigenvalue weighted by molar-refractivity contribution is 0.627. The standard InChI is InChI=1S/C14H15BrFN3O/c1-18(8-7-10-3-5-11(16)6-4-10)12-9-17-19(2)14(20)13(12)15/h3-6,9H,7-8H2,1-2H3. The van der Waals surface area contributed by atoms with Gasteiger partial charge >= 0.3 is 0 Å². The lowest BCUT2D eigenvalue weighted by Crippen LogP contribution is -2.27. The number of aromatic nitrogens is 2. The summed E-state index contributed by atoms with van der Waals surface area (Å²) in [6.07, 6.45) is 2.41. The molecule has 1 heterocycles. The number of likely N-dealkylation sites (N-methyl/N-ethyl adjacent to an activating group) is 1. The van der Waals surface area contributed by atoms with Gasteiger partial charge in [0.2, 0.25) is 0 Å². The van der Waals surface area contributed by atoms with Crippen LogP contribution in [0.4, 0.5) is 10.1 Å². The van der Waals surface area contributed by atoms with Crippen molar-refractivity contribution in [1.29, 1.82) is 0 Å².